The van der Waals surface area contributed by atoms with Crippen LogP contribution in [0.5, 0.6) is 0 Å². The van der Waals surface area contributed by atoms with Crippen LogP contribution in [0.15, 0.2) is 23.3 Å². The Kier molecular flexibility index (Phi) is 4.96. The Morgan fingerprint density at radius 3 is 2.70 bits per heavy atom. The molecule has 2 saturated heterocycles. The summed E-state index contributed by atoms with van der Waals surface area (Å²) in [6, 6.07) is 0. The third-order valence-electron chi connectivity index (χ3n) is 6.52. The standard InChI is InChI=1S/C19H28NO7/c1-4-13-9-12(2)18(24,11-21)17(23)26-10-14-5-7-20(3)8-6-15(19(14,20)25)27-16(13)22/h4-5,12,15,21,24-25H,6-11H2,1-3H3/q+1/b13-4-/t12-,15-,18-,19+,20+/m1/s1. The van der Waals surface area contributed by atoms with E-state index in [9.17, 15) is 24.9 Å². The number of esters is 2. The monoisotopic (exact) mass is 382 g/mol. The number of aliphatic hydroxyl groups excluding tert-OH is 1. The predicted molar refractivity (Wildman–Crippen MR) is 94.0 cm³/mol. The molecule has 0 aliphatic carbocycles. The van der Waals surface area contributed by atoms with Gasteiger partial charge in [0.05, 0.1) is 25.8 Å². The zero-order chi connectivity index (χ0) is 20.0. The number of carbonyl (C=O) groups is 2. The van der Waals surface area contributed by atoms with E-state index in [4.69, 9.17) is 9.47 Å². The number of nitrogens with zero attached hydrogens (tertiary/aromatic N) is 1. The Balaban J connectivity index is 2.02. The van der Waals surface area contributed by atoms with Gasteiger partial charge in [-0.05, 0) is 19.4 Å². The molecule has 3 rings (SSSR count). The second kappa shape index (κ2) is 6.70. The minimum absolute atomic E-state index is 0.0292. The van der Waals surface area contributed by atoms with Crippen LogP contribution in [0.25, 0.3) is 0 Å². The number of carbonyl (C=O) groups excluding carboxylic acids is 2. The average Bonchev–Trinajstić information content (AvgIpc) is 3.04. The number of ether oxygens (including phenoxy) is 2. The number of cyclic esters (lactones) is 1. The summed E-state index contributed by atoms with van der Waals surface area (Å²) in [4.78, 5) is 25.3. The molecule has 0 radical (unpaired) electrons. The van der Waals surface area contributed by atoms with Gasteiger partial charge >= 0.3 is 11.9 Å². The highest BCUT2D eigenvalue weighted by molar-refractivity contribution is 5.89. The third-order valence-corrected chi connectivity index (χ3v) is 6.52. The van der Waals surface area contributed by atoms with E-state index >= 15 is 0 Å². The first kappa shape index (κ1) is 20.0. The summed E-state index contributed by atoms with van der Waals surface area (Å²) in [7, 11) is 1.87. The minimum Gasteiger partial charge on any atom is -0.459 e. The highest BCUT2D eigenvalue weighted by Crippen LogP contribution is 2.45. The maximum Gasteiger partial charge on any atom is 0.341 e. The highest BCUT2D eigenvalue weighted by atomic mass is 16.6. The lowest BCUT2D eigenvalue weighted by Gasteiger charge is -2.40. The summed E-state index contributed by atoms with van der Waals surface area (Å²) < 4.78 is 11.2. The number of rotatable bonds is 1. The number of likely N-dealkylation sites (N-methyl/N-ethyl adjacent to an activating group) is 1. The molecule has 2 fully saturated rings. The second-order valence-electron chi connectivity index (χ2n) is 8.02. The van der Waals surface area contributed by atoms with Gasteiger partial charge in [-0.3, -0.25) is 4.48 Å². The van der Waals surface area contributed by atoms with Gasteiger partial charge in [0.1, 0.15) is 13.2 Å². The topological polar surface area (TPSA) is 113 Å². The van der Waals surface area contributed by atoms with Crippen LogP contribution in [-0.4, -0.2) is 82.5 Å². The van der Waals surface area contributed by atoms with Crippen LogP contribution in [-0.2, 0) is 19.1 Å². The smallest absolute Gasteiger partial charge is 0.341 e. The van der Waals surface area contributed by atoms with Crippen LogP contribution < -0.4 is 0 Å². The molecule has 3 aliphatic rings. The molecule has 3 heterocycles. The van der Waals surface area contributed by atoms with Crippen molar-refractivity contribution in [2.24, 2.45) is 5.92 Å². The molecule has 0 saturated carbocycles. The van der Waals surface area contributed by atoms with Gasteiger partial charge in [-0.1, -0.05) is 13.0 Å². The van der Waals surface area contributed by atoms with Gasteiger partial charge in [-0.25, -0.2) is 9.59 Å². The van der Waals surface area contributed by atoms with Gasteiger partial charge in [0.15, 0.2) is 11.7 Å². The largest absolute Gasteiger partial charge is 0.459 e. The van der Waals surface area contributed by atoms with E-state index in [1.807, 2.05) is 7.05 Å². The first-order chi connectivity index (χ1) is 12.6. The lowest BCUT2D eigenvalue weighted by molar-refractivity contribution is -0.955. The Hall–Kier alpha value is -1.74. The molecule has 150 valence electrons. The van der Waals surface area contributed by atoms with Crippen molar-refractivity contribution in [3.63, 3.8) is 0 Å². The van der Waals surface area contributed by atoms with Crippen molar-refractivity contribution in [1.82, 2.24) is 0 Å². The molecular weight excluding hydrogens is 354 g/mol. The van der Waals surface area contributed by atoms with Crippen LogP contribution in [0.2, 0.25) is 0 Å². The molecule has 0 spiro atoms. The third kappa shape index (κ3) is 2.82. The Bertz CT molecular complexity index is 717. The quantitative estimate of drug-likeness (QED) is 0.245. The Morgan fingerprint density at radius 1 is 1.37 bits per heavy atom. The number of quaternary nitrogens is 1. The fraction of sp³-hybridized carbons (Fsp3) is 0.684. The fourth-order valence-electron chi connectivity index (χ4n) is 4.39. The van der Waals surface area contributed by atoms with Crippen molar-refractivity contribution in [2.75, 3.05) is 33.4 Å². The molecule has 5 atom stereocenters. The summed E-state index contributed by atoms with van der Waals surface area (Å²) in [5, 5.41) is 31.8. The molecule has 0 aromatic rings. The maximum absolute atomic E-state index is 12.7. The van der Waals surface area contributed by atoms with Crippen molar-refractivity contribution < 1.29 is 38.9 Å². The molecular formula is C19H28NO7+. The minimum atomic E-state index is -2.15. The van der Waals surface area contributed by atoms with Crippen molar-refractivity contribution in [2.45, 2.75) is 44.1 Å². The van der Waals surface area contributed by atoms with Crippen molar-refractivity contribution in [1.29, 1.82) is 0 Å². The van der Waals surface area contributed by atoms with Gasteiger partial charge in [0.25, 0.3) is 5.72 Å². The van der Waals surface area contributed by atoms with Crippen molar-refractivity contribution >= 4 is 11.9 Å². The van der Waals surface area contributed by atoms with Crippen LogP contribution in [0.1, 0.15) is 26.7 Å². The van der Waals surface area contributed by atoms with E-state index in [-0.39, 0.29) is 23.1 Å². The molecule has 3 aliphatic heterocycles. The van der Waals surface area contributed by atoms with Gasteiger partial charge in [-0.2, -0.15) is 0 Å². The summed E-state index contributed by atoms with van der Waals surface area (Å²) in [5.41, 5.74) is -2.90. The molecule has 0 bridgehead atoms. The second-order valence-corrected chi connectivity index (χ2v) is 8.02. The molecule has 0 unspecified atom stereocenters. The predicted octanol–water partition coefficient (Wildman–Crippen LogP) is -0.370. The van der Waals surface area contributed by atoms with E-state index in [1.165, 1.54) is 0 Å². The molecule has 27 heavy (non-hydrogen) atoms. The van der Waals surface area contributed by atoms with E-state index in [2.05, 4.69) is 0 Å². The zero-order valence-electron chi connectivity index (χ0n) is 16.0. The van der Waals surface area contributed by atoms with E-state index in [1.54, 1.807) is 26.0 Å². The molecule has 3 N–H and O–H groups in total. The van der Waals surface area contributed by atoms with Crippen molar-refractivity contribution in [3.05, 3.63) is 23.3 Å². The number of hydrogen-bond acceptors (Lipinski definition) is 7. The van der Waals surface area contributed by atoms with Gasteiger partial charge < -0.3 is 24.8 Å². The first-order valence-electron chi connectivity index (χ1n) is 9.25. The average molecular weight is 382 g/mol. The number of aliphatic hydroxyl groups is 3. The van der Waals surface area contributed by atoms with Crippen molar-refractivity contribution in [3.8, 4) is 0 Å². The maximum atomic E-state index is 12.7. The number of allylic oxidation sites excluding steroid dienone is 1. The van der Waals surface area contributed by atoms with Gasteiger partial charge in [-0.15, -0.1) is 0 Å². The number of hydrogen-bond donors (Lipinski definition) is 3. The zero-order valence-corrected chi connectivity index (χ0v) is 16.0. The summed E-state index contributed by atoms with van der Waals surface area (Å²) in [5.74, 6) is -2.33. The lowest BCUT2D eigenvalue weighted by atomic mass is 9.84. The first-order valence-corrected chi connectivity index (χ1v) is 9.25. The Morgan fingerprint density at radius 2 is 2.07 bits per heavy atom. The summed E-state index contributed by atoms with van der Waals surface area (Å²) in [6.45, 7) is 3.30. The molecule has 0 aromatic heterocycles. The van der Waals surface area contributed by atoms with Crippen LogP contribution >= 0.6 is 0 Å². The van der Waals surface area contributed by atoms with Crippen LogP contribution in [0.3, 0.4) is 0 Å². The lowest BCUT2D eigenvalue weighted by Crippen LogP contribution is -2.61. The molecule has 8 nitrogen and oxygen atoms in total. The summed E-state index contributed by atoms with van der Waals surface area (Å²) in [6.07, 6.45) is 3.13. The fourth-order valence-corrected chi connectivity index (χ4v) is 4.39. The van der Waals surface area contributed by atoms with E-state index < -0.39 is 41.9 Å². The van der Waals surface area contributed by atoms with Crippen LogP contribution in [0.4, 0.5) is 0 Å². The van der Waals surface area contributed by atoms with E-state index in [0.717, 1.165) is 0 Å². The van der Waals surface area contributed by atoms with Gasteiger partial charge in [0, 0.05) is 17.9 Å². The van der Waals surface area contributed by atoms with E-state index in [0.29, 0.717) is 25.1 Å². The SMILES string of the molecule is C/C=C1/C[C@@H](C)[C@](O)(CO)C(=O)OCC2=CC[N@@+]3(C)CC[C@@H](OC1=O)[C@@]23O. The normalized spacial score (nSPS) is 44.1. The molecule has 0 amide bonds. The van der Waals surface area contributed by atoms with Gasteiger partial charge in [0.2, 0.25) is 0 Å². The summed E-state index contributed by atoms with van der Waals surface area (Å²) >= 11 is 0. The van der Waals surface area contributed by atoms with Crippen LogP contribution in [0, 0.1) is 5.92 Å². The highest BCUT2D eigenvalue weighted by Gasteiger charge is 2.65. The Labute approximate surface area is 158 Å². The molecule has 0 aromatic carbocycles. The molecule has 8 heteroatoms.